The number of alkyl halides is 3. The molecule has 0 aromatic heterocycles. The molecule has 6 nitrogen and oxygen atoms in total. The number of methoxy groups -OCH3 is 1. The van der Waals surface area contributed by atoms with E-state index in [2.05, 4.69) is 0 Å². The summed E-state index contributed by atoms with van der Waals surface area (Å²) < 4.78 is 42.4. The van der Waals surface area contributed by atoms with Gasteiger partial charge in [-0.05, 0) is 30.3 Å². The van der Waals surface area contributed by atoms with E-state index in [0.29, 0.717) is 0 Å². The van der Waals surface area contributed by atoms with Crippen LogP contribution in [0.2, 0.25) is 0 Å². The van der Waals surface area contributed by atoms with Gasteiger partial charge in [0.2, 0.25) is 0 Å². The predicted molar refractivity (Wildman–Crippen MR) is 88.3 cm³/mol. The van der Waals surface area contributed by atoms with Gasteiger partial charge in [-0.2, -0.15) is 13.2 Å². The van der Waals surface area contributed by atoms with Crippen molar-refractivity contribution in [3.8, 4) is 5.75 Å². The summed E-state index contributed by atoms with van der Waals surface area (Å²) >= 11 is 0. The minimum atomic E-state index is -5.04. The largest absolute Gasteiger partial charge is 0.496 e. The van der Waals surface area contributed by atoms with Crippen LogP contribution in [0.15, 0.2) is 42.5 Å². The topological polar surface area (TPSA) is 75.7 Å². The molecule has 0 aliphatic carbocycles. The Bertz CT molecular complexity index is 905. The van der Waals surface area contributed by atoms with E-state index in [0.717, 1.165) is 4.90 Å². The fourth-order valence-corrected chi connectivity index (χ4v) is 2.73. The number of hydrogen-bond acceptors (Lipinski definition) is 4. The molecule has 0 fully saturated rings. The molecule has 1 N–H and O–H groups in total. The van der Waals surface area contributed by atoms with Crippen LogP contribution < -0.4 is 10.1 Å². The van der Waals surface area contributed by atoms with Gasteiger partial charge in [-0.3, -0.25) is 19.3 Å². The molecule has 0 saturated heterocycles. The SMILES string of the molecule is COc1ccc(NC(=O)C(F)(F)F)cc1CN1C(=O)c2ccccc2C1=O. The number of ether oxygens (including phenoxy) is 1. The quantitative estimate of drug-likeness (QED) is 0.830. The van der Waals surface area contributed by atoms with Crippen LogP contribution in [-0.4, -0.2) is 35.9 Å². The van der Waals surface area contributed by atoms with Gasteiger partial charge in [-0.15, -0.1) is 0 Å². The lowest BCUT2D eigenvalue weighted by molar-refractivity contribution is -0.167. The number of imide groups is 1. The molecular weight excluding hydrogens is 365 g/mol. The number of rotatable bonds is 4. The van der Waals surface area contributed by atoms with Crippen molar-refractivity contribution in [1.29, 1.82) is 0 Å². The zero-order valence-corrected chi connectivity index (χ0v) is 14.0. The Balaban J connectivity index is 1.88. The highest BCUT2D eigenvalue weighted by atomic mass is 19.4. The number of nitrogens with one attached hydrogen (secondary N) is 1. The Hall–Kier alpha value is -3.36. The summed E-state index contributed by atoms with van der Waals surface area (Å²) in [5.41, 5.74) is 0.641. The van der Waals surface area contributed by atoms with Gasteiger partial charge >= 0.3 is 12.1 Å². The molecule has 0 radical (unpaired) electrons. The average molecular weight is 378 g/mol. The van der Waals surface area contributed by atoms with Crippen molar-refractivity contribution in [1.82, 2.24) is 4.90 Å². The number of nitrogens with zero attached hydrogens (tertiary/aromatic N) is 1. The number of anilines is 1. The van der Waals surface area contributed by atoms with Gasteiger partial charge in [0.05, 0.1) is 24.8 Å². The maximum atomic E-state index is 12.5. The minimum absolute atomic E-state index is 0.135. The van der Waals surface area contributed by atoms with Gasteiger partial charge < -0.3 is 10.1 Å². The first-order valence-electron chi connectivity index (χ1n) is 7.72. The lowest BCUT2D eigenvalue weighted by Gasteiger charge is -2.17. The summed E-state index contributed by atoms with van der Waals surface area (Å²) in [6, 6.07) is 10.1. The molecule has 9 heteroatoms. The van der Waals surface area contributed by atoms with Crippen molar-refractivity contribution in [2.24, 2.45) is 0 Å². The number of halogens is 3. The van der Waals surface area contributed by atoms with Gasteiger partial charge in [0.1, 0.15) is 5.75 Å². The van der Waals surface area contributed by atoms with Crippen LogP contribution >= 0.6 is 0 Å². The Labute approximate surface area is 151 Å². The number of benzene rings is 2. The highest BCUT2D eigenvalue weighted by molar-refractivity contribution is 6.21. The van der Waals surface area contributed by atoms with E-state index >= 15 is 0 Å². The molecule has 2 aromatic carbocycles. The van der Waals surface area contributed by atoms with Crippen LogP contribution in [0.5, 0.6) is 5.75 Å². The monoisotopic (exact) mass is 378 g/mol. The Morgan fingerprint density at radius 1 is 1.07 bits per heavy atom. The molecule has 0 bridgehead atoms. The molecule has 1 aliphatic rings. The molecule has 0 spiro atoms. The second-order valence-corrected chi connectivity index (χ2v) is 5.72. The maximum absolute atomic E-state index is 12.5. The highest BCUT2D eigenvalue weighted by Gasteiger charge is 2.39. The van der Waals surface area contributed by atoms with E-state index in [4.69, 9.17) is 4.74 Å². The third-order valence-electron chi connectivity index (χ3n) is 4.00. The molecule has 3 rings (SSSR count). The number of fused-ring (bicyclic) bond motifs is 1. The molecule has 27 heavy (non-hydrogen) atoms. The first-order chi connectivity index (χ1) is 12.7. The van der Waals surface area contributed by atoms with E-state index in [1.807, 2.05) is 0 Å². The van der Waals surface area contributed by atoms with Crippen LogP contribution in [0, 0.1) is 0 Å². The van der Waals surface area contributed by atoms with Crippen molar-refractivity contribution in [3.63, 3.8) is 0 Å². The summed E-state index contributed by atoms with van der Waals surface area (Å²) in [6.45, 7) is -0.217. The number of carbonyl (C=O) groups is 3. The Morgan fingerprint density at radius 3 is 2.19 bits per heavy atom. The van der Waals surface area contributed by atoms with Crippen molar-refractivity contribution in [2.75, 3.05) is 12.4 Å². The van der Waals surface area contributed by atoms with E-state index in [-0.39, 0.29) is 34.7 Å². The standard InChI is InChI=1S/C18H13F3N2O4/c1-27-14-7-6-11(22-17(26)18(19,20)21)8-10(14)9-23-15(24)12-4-2-3-5-13(12)16(23)25/h2-8H,9H2,1H3,(H,22,26). The molecule has 0 unspecified atom stereocenters. The highest BCUT2D eigenvalue weighted by Crippen LogP contribution is 2.29. The summed E-state index contributed by atoms with van der Waals surface area (Å²) in [6.07, 6.45) is -5.04. The van der Waals surface area contributed by atoms with E-state index in [1.54, 1.807) is 17.4 Å². The molecule has 2 aromatic rings. The zero-order chi connectivity index (χ0) is 19.8. The fraction of sp³-hybridized carbons (Fsp3) is 0.167. The smallest absolute Gasteiger partial charge is 0.471 e. The van der Waals surface area contributed by atoms with Crippen LogP contribution in [0.4, 0.5) is 18.9 Å². The summed E-state index contributed by atoms with van der Waals surface area (Å²) in [7, 11) is 1.34. The second kappa shape index (κ2) is 6.75. The van der Waals surface area contributed by atoms with Gasteiger partial charge in [-0.25, -0.2) is 0 Å². The van der Waals surface area contributed by atoms with E-state index in [1.165, 1.54) is 37.4 Å². The molecule has 3 amide bonds. The van der Waals surface area contributed by atoms with Crippen molar-refractivity contribution in [3.05, 3.63) is 59.2 Å². The molecule has 0 saturated carbocycles. The molecule has 0 atom stereocenters. The van der Waals surface area contributed by atoms with Crippen LogP contribution in [0.25, 0.3) is 0 Å². The molecular formula is C18H13F3N2O4. The number of hydrogen-bond donors (Lipinski definition) is 1. The third kappa shape index (κ3) is 3.48. The van der Waals surface area contributed by atoms with Crippen LogP contribution in [0.3, 0.4) is 0 Å². The zero-order valence-electron chi connectivity index (χ0n) is 14.0. The van der Waals surface area contributed by atoms with Crippen molar-refractivity contribution in [2.45, 2.75) is 12.7 Å². The first kappa shape index (κ1) is 18.4. The lowest BCUT2D eigenvalue weighted by Crippen LogP contribution is -2.30. The third-order valence-corrected chi connectivity index (χ3v) is 4.00. The molecule has 1 aliphatic heterocycles. The van der Waals surface area contributed by atoms with Gasteiger partial charge in [0, 0.05) is 11.3 Å². The summed E-state index contributed by atoms with van der Waals surface area (Å²) in [5, 5.41) is 1.73. The Kier molecular flexibility index (Phi) is 4.61. The molecule has 140 valence electrons. The first-order valence-corrected chi connectivity index (χ1v) is 7.72. The summed E-state index contributed by atoms with van der Waals surface area (Å²) in [4.78, 5) is 37.0. The lowest BCUT2D eigenvalue weighted by atomic mass is 10.1. The van der Waals surface area contributed by atoms with Crippen molar-refractivity contribution < 1.29 is 32.3 Å². The van der Waals surface area contributed by atoms with Gasteiger partial charge in [0.25, 0.3) is 11.8 Å². The Morgan fingerprint density at radius 2 is 1.67 bits per heavy atom. The predicted octanol–water partition coefficient (Wildman–Crippen LogP) is 2.99. The van der Waals surface area contributed by atoms with Crippen LogP contribution in [-0.2, 0) is 11.3 Å². The van der Waals surface area contributed by atoms with Gasteiger partial charge in [0.15, 0.2) is 0 Å². The molecule has 1 heterocycles. The van der Waals surface area contributed by atoms with Crippen LogP contribution in [0.1, 0.15) is 26.3 Å². The number of carbonyl (C=O) groups excluding carboxylic acids is 3. The number of amides is 3. The van der Waals surface area contributed by atoms with E-state index < -0.39 is 23.9 Å². The normalized spacial score (nSPS) is 13.6. The van der Waals surface area contributed by atoms with Crippen molar-refractivity contribution >= 4 is 23.4 Å². The second-order valence-electron chi connectivity index (χ2n) is 5.72. The maximum Gasteiger partial charge on any atom is 0.471 e. The van der Waals surface area contributed by atoms with E-state index in [9.17, 15) is 27.6 Å². The minimum Gasteiger partial charge on any atom is -0.496 e. The fourth-order valence-electron chi connectivity index (χ4n) is 2.73. The van der Waals surface area contributed by atoms with Gasteiger partial charge in [-0.1, -0.05) is 12.1 Å². The summed E-state index contributed by atoms with van der Waals surface area (Å²) in [5.74, 6) is -2.89. The average Bonchev–Trinajstić information content (AvgIpc) is 2.86.